The molecule has 0 saturated heterocycles. The van der Waals surface area contributed by atoms with E-state index in [9.17, 15) is 9.59 Å². The number of likely N-dealkylation sites (N-methyl/N-ethyl adjacent to an activating group) is 1. The Bertz CT molecular complexity index is 380. The minimum atomic E-state index is -0.453. The van der Waals surface area contributed by atoms with Crippen LogP contribution in [0.4, 0.5) is 0 Å². The molecule has 1 atom stereocenters. The molecule has 0 rings (SSSR count). The second kappa shape index (κ2) is 15.4. The number of carbonyl (C=O) groups excluding carboxylic acids is 2. The maximum Gasteiger partial charge on any atom is 0.306 e. The van der Waals surface area contributed by atoms with Gasteiger partial charge in [-0.1, -0.05) is 71.1 Å². The number of halogens is 1. The summed E-state index contributed by atoms with van der Waals surface area (Å²) in [6, 6.07) is 0. The molecule has 0 aliphatic rings. The van der Waals surface area contributed by atoms with Gasteiger partial charge in [0.15, 0.2) is 6.10 Å². The first-order valence-electron chi connectivity index (χ1n) is 10.4. The molecule has 0 N–H and O–H groups in total. The summed E-state index contributed by atoms with van der Waals surface area (Å²) in [5.74, 6) is -0.211. The Morgan fingerprint density at radius 3 is 1.73 bits per heavy atom. The molecule has 0 fully saturated rings. The number of unbranched alkanes of at least 4 members (excludes halogenated alkanes) is 10. The molecular formula is C21H41ClNO3+. The van der Waals surface area contributed by atoms with Gasteiger partial charge in [-0.15, -0.1) is 0 Å². The number of nitrogens with zero attached hydrogens (tertiary/aromatic N) is 1. The highest BCUT2D eigenvalue weighted by Crippen LogP contribution is 2.13. The monoisotopic (exact) mass is 390 g/mol. The number of quaternary nitrogens is 1. The quantitative estimate of drug-likeness (QED) is 0.143. The van der Waals surface area contributed by atoms with Crippen LogP contribution in [0.5, 0.6) is 0 Å². The fourth-order valence-corrected chi connectivity index (χ4v) is 3.28. The molecule has 0 aromatic heterocycles. The minimum absolute atomic E-state index is 0.0844. The minimum Gasteiger partial charge on any atom is -0.456 e. The molecular weight excluding hydrogens is 350 g/mol. The molecule has 154 valence electrons. The Balaban J connectivity index is 3.72. The number of ether oxygens (including phenoxy) is 1. The number of esters is 1. The Morgan fingerprint density at radius 1 is 0.846 bits per heavy atom. The van der Waals surface area contributed by atoms with Crippen LogP contribution in [0, 0.1) is 0 Å². The summed E-state index contributed by atoms with van der Waals surface area (Å²) >= 11 is 5.47. The van der Waals surface area contributed by atoms with Crippen molar-refractivity contribution in [3.63, 3.8) is 0 Å². The fourth-order valence-electron chi connectivity index (χ4n) is 3.11. The van der Waals surface area contributed by atoms with Gasteiger partial charge in [0.2, 0.25) is 5.24 Å². The van der Waals surface area contributed by atoms with Crippen molar-refractivity contribution < 1.29 is 18.8 Å². The molecule has 0 aliphatic heterocycles. The number of hydrogen-bond donors (Lipinski definition) is 0. The molecule has 4 nitrogen and oxygen atoms in total. The van der Waals surface area contributed by atoms with Crippen molar-refractivity contribution in [1.29, 1.82) is 0 Å². The van der Waals surface area contributed by atoms with Crippen molar-refractivity contribution >= 4 is 22.8 Å². The molecule has 0 amide bonds. The third kappa shape index (κ3) is 18.2. The predicted octanol–water partition coefficient (Wildman–Crippen LogP) is 5.46. The standard InChI is InChI=1S/C21H41ClNO3/c1-5-6-7-8-9-10-11-12-13-14-15-16-21(25)26-19(17-20(22)24)18-23(2,3)4/h19H,5-18H2,1-4H3/q+1. The highest BCUT2D eigenvalue weighted by atomic mass is 35.5. The summed E-state index contributed by atoms with van der Waals surface area (Å²) in [6.07, 6.45) is 13.9. The second-order valence-corrected chi connectivity index (χ2v) is 8.85. The molecule has 1 unspecified atom stereocenters. The van der Waals surface area contributed by atoms with E-state index in [-0.39, 0.29) is 12.4 Å². The van der Waals surface area contributed by atoms with Crippen LogP contribution in [-0.4, -0.2) is 49.5 Å². The van der Waals surface area contributed by atoms with E-state index in [2.05, 4.69) is 6.92 Å². The first-order valence-corrected chi connectivity index (χ1v) is 10.8. The zero-order chi connectivity index (χ0) is 19.8. The average molecular weight is 391 g/mol. The van der Waals surface area contributed by atoms with Gasteiger partial charge < -0.3 is 9.22 Å². The Kier molecular flexibility index (Phi) is 15.1. The van der Waals surface area contributed by atoms with Crippen LogP contribution >= 0.6 is 11.6 Å². The lowest BCUT2D eigenvalue weighted by Gasteiger charge is -2.28. The van der Waals surface area contributed by atoms with Crippen LogP contribution in [0.1, 0.15) is 90.4 Å². The summed E-state index contributed by atoms with van der Waals surface area (Å²) in [7, 11) is 6.01. The molecule has 0 aromatic rings. The molecule has 0 aliphatic carbocycles. The lowest BCUT2D eigenvalue weighted by atomic mass is 10.1. The van der Waals surface area contributed by atoms with E-state index in [0.29, 0.717) is 17.4 Å². The zero-order valence-corrected chi connectivity index (χ0v) is 18.3. The number of carbonyl (C=O) groups is 2. The van der Waals surface area contributed by atoms with Gasteiger partial charge in [-0.2, -0.15) is 0 Å². The Hall–Kier alpha value is -0.610. The SMILES string of the molecule is CCCCCCCCCCCCCC(=O)OC(CC(=O)Cl)C[N+](C)(C)C. The Morgan fingerprint density at radius 2 is 1.31 bits per heavy atom. The van der Waals surface area contributed by atoms with Crippen molar-refractivity contribution in [1.82, 2.24) is 0 Å². The van der Waals surface area contributed by atoms with Gasteiger partial charge in [0.1, 0.15) is 6.54 Å². The Labute approximate surface area is 166 Å². The second-order valence-electron chi connectivity index (χ2n) is 8.43. The highest BCUT2D eigenvalue weighted by molar-refractivity contribution is 6.63. The third-order valence-electron chi connectivity index (χ3n) is 4.42. The van der Waals surface area contributed by atoms with Gasteiger partial charge >= 0.3 is 5.97 Å². The first kappa shape index (κ1) is 25.4. The van der Waals surface area contributed by atoms with Crippen LogP contribution in [0.3, 0.4) is 0 Å². The maximum absolute atomic E-state index is 12.0. The van der Waals surface area contributed by atoms with E-state index in [0.717, 1.165) is 12.8 Å². The number of hydrogen-bond acceptors (Lipinski definition) is 3. The molecule has 0 aromatic carbocycles. The first-order chi connectivity index (χ1) is 12.2. The van der Waals surface area contributed by atoms with Crippen molar-refractivity contribution in [2.45, 2.75) is 96.5 Å². The van der Waals surface area contributed by atoms with Gasteiger partial charge in [-0.3, -0.25) is 9.59 Å². The molecule has 0 radical (unpaired) electrons. The van der Waals surface area contributed by atoms with Gasteiger partial charge in [0.05, 0.1) is 27.6 Å². The van der Waals surface area contributed by atoms with Crippen LogP contribution in [0.2, 0.25) is 0 Å². The van der Waals surface area contributed by atoms with E-state index in [4.69, 9.17) is 16.3 Å². The molecule has 0 spiro atoms. The van der Waals surface area contributed by atoms with E-state index >= 15 is 0 Å². The molecule has 26 heavy (non-hydrogen) atoms. The van der Waals surface area contributed by atoms with Crippen LogP contribution in [0.25, 0.3) is 0 Å². The van der Waals surface area contributed by atoms with E-state index in [1.54, 1.807) is 0 Å². The van der Waals surface area contributed by atoms with E-state index in [1.807, 2.05) is 21.1 Å². The summed E-state index contributed by atoms with van der Waals surface area (Å²) in [5.41, 5.74) is 0. The van der Waals surface area contributed by atoms with Crippen molar-refractivity contribution in [3.05, 3.63) is 0 Å². The lowest BCUT2D eigenvalue weighted by Crippen LogP contribution is -2.43. The molecule has 0 saturated carbocycles. The summed E-state index contributed by atoms with van der Waals surface area (Å²) < 4.78 is 6.09. The third-order valence-corrected chi connectivity index (χ3v) is 4.58. The van der Waals surface area contributed by atoms with Crippen molar-refractivity contribution in [2.75, 3.05) is 27.7 Å². The largest absolute Gasteiger partial charge is 0.456 e. The van der Waals surface area contributed by atoms with E-state index in [1.165, 1.54) is 57.8 Å². The lowest BCUT2D eigenvalue weighted by molar-refractivity contribution is -0.873. The van der Waals surface area contributed by atoms with Gasteiger partial charge in [-0.25, -0.2) is 0 Å². The average Bonchev–Trinajstić information content (AvgIpc) is 2.50. The van der Waals surface area contributed by atoms with Crippen LogP contribution in [0.15, 0.2) is 0 Å². The fraction of sp³-hybridized carbons (Fsp3) is 0.905. The maximum atomic E-state index is 12.0. The molecule has 0 heterocycles. The van der Waals surface area contributed by atoms with Crippen LogP contribution in [-0.2, 0) is 14.3 Å². The predicted molar refractivity (Wildman–Crippen MR) is 109 cm³/mol. The van der Waals surface area contributed by atoms with Gasteiger partial charge in [0, 0.05) is 6.42 Å². The summed E-state index contributed by atoms with van der Waals surface area (Å²) in [4.78, 5) is 23.1. The van der Waals surface area contributed by atoms with Gasteiger partial charge in [0.25, 0.3) is 0 Å². The summed E-state index contributed by atoms with van der Waals surface area (Å²) in [6.45, 7) is 2.83. The summed E-state index contributed by atoms with van der Waals surface area (Å²) in [5, 5.41) is -0.453. The molecule has 5 heteroatoms. The highest BCUT2D eigenvalue weighted by Gasteiger charge is 2.24. The normalized spacial score (nSPS) is 12.8. The zero-order valence-electron chi connectivity index (χ0n) is 17.5. The van der Waals surface area contributed by atoms with Crippen molar-refractivity contribution in [3.8, 4) is 0 Å². The van der Waals surface area contributed by atoms with E-state index < -0.39 is 11.3 Å². The topological polar surface area (TPSA) is 43.4 Å². The smallest absolute Gasteiger partial charge is 0.306 e. The number of rotatable bonds is 17. The van der Waals surface area contributed by atoms with Crippen molar-refractivity contribution in [2.24, 2.45) is 0 Å². The van der Waals surface area contributed by atoms with Gasteiger partial charge in [-0.05, 0) is 18.0 Å². The van der Waals surface area contributed by atoms with Crippen LogP contribution < -0.4 is 0 Å². The molecule has 0 bridgehead atoms.